The van der Waals surface area contributed by atoms with E-state index in [4.69, 9.17) is 5.10 Å². The predicted octanol–water partition coefficient (Wildman–Crippen LogP) is 4.91. The van der Waals surface area contributed by atoms with E-state index < -0.39 is 11.1 Å². The van der Waals surface area contributed by atoms with Crippen molar-refractivity contribution in [3.05, 3.63) is 100 Å². The molecule has 0 spiro atoms. The van der Waals surface area contributed by atoms with Crippen molar-refractivity contribution in [3.63, 3.8) is 0 Å². The summed E-state index contributed by atoms with van der Waals surface area (Å²) in [6.07, 6.45) is 0.0150. The van der Waals surface area contributed by atoms with Gasteiger partial charge in [0, 0.05) is 28.4 Å². The largest absolute Gasteiger partial charge is 0.359 e. The Bertz CT molecular complexity index is 1280. The molecule has 5 rings (SSSR count). The number of hydrogen-bond acceptors (Lipinski definition) is 5. The van der Waals surface area contributed by atoms with Gasteiger partial charge in [-0.05, 0) is 18.2 Å². The highest BCUT2D eigenvalue weighted by atomic mass is 16.6. The fourth-order valence-electron chi connectivity index (χ4n) is 3.82. The van der Waals surface area contributed by atoms with Crippen molar-refractivity contribution >= 4 is 17.7 Å². The number of para-hydroxylation sites is 1. The van der Waals surface area contributed by atoms with Crippen LogP contribution in [-0.4, -0.2) is 21.0 Å². The molecular formula is C23H16N4O3. The van der Waals surface area contributed by atoms with Gasteiger partial charge in [0.15, 0.2) is 6.17 Å². The fourth-order valence-corrected chi connectivity index (χ4v) is 3.82. The second-order valence-electron chi connectivity index (χ2n) is 7.01. The SMILES string of the molecule is O=Cc1ccc(C2Nc3ccccc3-c3cc(-c4ccccc4)nn32)c([N+](=O)[O-])c1. The third kappa shape index (κ3) is 2.84. The number of anilines is 1. The smallest absolute Gasteiger partial charge is 0.277 e. The molecule has 1 aliphatic rings. The maximum Gasteiger partial charge on any atom is 0.277 e. The minimum atomic E-state index is -0.589. The lowest BCUT2D eigenvalue weighted by atomic mass is 10.0. The number of nitrogens with zero attached hydrogens (tertiary/aromatic N) is 3. The van der Waals surface area contributed by atoms with Gasteiger partial charge in [0.1, 0.15) is 6.29 Å². The van der Waals surface area contributed by atoms with E-state index in [1.54, 1.807) is 16.8 Å². The number of nitro groups is 1. The number of carbonyl (C=O) groups excluding carboxylic acids is 1. The molecule has 1 N–H and O–H groups in total. The molecule has 7 heteroatoms. The van der Waals surface area contributed by atoms with E-state index in [1.807, 2.05) is 60.7 Å². The summed E-state index contributed by atoms with van der Waals surface area (Å²) < 4.78 is 1.77. The molecule has 0 fully saturated rings. The second kappa shape index (κ2) is 6.97. The Kier molecular flexibility index (Phi) is 4.14. The number of aromatic nitrogens is 2. The van der Waals surface area contributed by atoms with Gasteiger partial charge in [-0.3, -0.25) is 14.9 Å². The molecule has 4 aromatic rings. The van der Waals surface area contributed by atoms with Crippen LogP contribution < -0.4 is 5.32 Å². The number of hydrogen-bond donors (Lipinski definition) is 1. The summed E-state index contributed by atoms with van der Waals surface area (Å²) >= 11 is 0. The predicted molar refractivity (Wildman–Crippen MR) is 113 cm³/mol. The minimum absolute atomic E-state index is 0.126. The first-order chi connectivity index (χ1) is 14.7. The van der Waals surface area contributed by atoms with Crippen molar-refractivity contribution < 1.29 is 9.72 Å². The standard InChI is InChI=1S/C23H16N4O3/c28-14-15-10-11-18(22(12-15)27(29)30)23-24-19-9-5-4-8-17(19)21-13-20(25-26(21)23)16-6-2-1-3-7-16/h1-14,23-24H. The van der Waals surface area contributed by atoms with Gasteiger partial charge in [-0.15, -0.1) is 0 Å². The van der Waals surface area contributed by atoms with Gasteiger partial charge in [0.05, 0.1) is 21.9 Å². The Morgan fingerprint density at radius 1 is 1.00 bits per heavy atom. The van der Waals surface area contributed by atoms with Crippen LogP contribution >= 0.6 is 0 Å². The average Bonchev–Trinajstić information content (AvgIpc) is 3.24. The Morgan fingerprint density at radius 3 is 2.53 bits per heavy atom. The average molecular weight is 396 g/mol. The molecule has 0 saturated carbocycles. The third-order valence-electron chi connectivity index (χ3n) is 5.23. The first-order valence-corrected chi connectivity index (χ1v) is 9.40. The molecular weight excluding hydrogens is 380 g/mol. The van der Waals surface area contributed by atoms with Crippen LogP contribution in [0.2, 0.25) is 0 Å². The number of fused-ring (bicyclic) bond motifs is 3. The molecule has 0 radical (unpaired) electrons. The molecule has 0 saturated heterocycles. The monoisotopic (exact) mass is 396 g/mol. The van der Waals surface area contributed by atoms with Crippen molar-refractivity contribution in [1.82, 2.24) is 9.78 Å². The number of rotatable bonds is 4. The number of nitro benzene ring substituents is 1. The van der Waals surface area contributed by atoms with E-state index in [0.717, 1.165) is 28.2 Å². The van der Waals surface area contributed by atoms with Crippen LogP contribution in [0.1, 0.15) is 22.1 Å². The summed E-state index contributed by atoms with van der Waals surface area (Å²) in [5.74, 6) is 0. The zero-order valence-electron chi connectivity index (χ0n) is 15.7. The number of carbonyl (C=O) groups is 1. The zero-order chi connectivity index (χ0) is 20.7. The Morgan fingerprint density at radius 2 is 1.77 bits per heavy atom. The van der Waals surface area contributed by atoms with E-state index in [9.17, 15) is 14.9 Å². The summed E-state index contributed by atoms with van der Waals surface area (Å²) in [5, 5.41) is 19.9. The van der Waals surface area contributed by atoms with Gasteiger partial charge >= 0.3 is 0 Å². The van der Waals surface area contributed by atoms with Gasteiger partial charge in [0.25, 0.3) is 5.69 Å². The van der Waals surface area contributed by atoms with E-state index in [1.165, 1.54) is 6.07 Å². The molecule has 3 aromatic carbocycles. The molecule has 1 atom stereocenters. The lowest BCUT2D eigenvalue weighted by molar-refractivity contribution is -0.385. The molecule has 0 amide bonds. The Labute approximate surface area is 171 Å². The third-order valence-corrected chi connectivity index (χ3v) is 5.23. The van der Waals surface area contributed by atoms with Crippen molar-refractivity contribution in [2.24, 2.45) is 0 Å². The summed E-state index contributed by atoms with van der Waals surface area (Å²) in [5.41, 5.74) is 5.00. The van der Waals surface area contributed by atoms with Gasteiger partial charge in [-0.2, -0.15) is 5.10 Å². The topological polar surface area (TPSA) is 90.1 Å². The molecule has 1 unspecified atom stereocenters. The fraction of sp³-hybridized carbons (Fsp3) is 0.0435. The Hall–Kier alpha value is -4.26. The van der Waals surface area contributed by atoms with E-state index in [0.29, 0.717) is 11.8 Å². The zero-order valence-corrected chi connectivity index (χ0v) is 15.7. The lowest BCUT2D eigenvalue weighted by Gasteiger charge is -2.29. The van der Waals surface area contributed by atoms with Crippen LogP contribution in [0.15, 0.2) is 78.9 Å². The van der Waals surface area contributed by atoms with Crippen molar-refractivity contribution in [2.75, 3.05) is 5.32 Å². The molecule has 1 aliphatic heterocycles. The van der Waals surface area contributed by atoms with Crippen LogP contribution in [0.25, 0.3) is 22.5 Å². The highest BCUT2D eigenvalue weighted by molar-refractivity contribution is 5.82. The summed E-state index contributed by atoms with van der Waals surface area (Å²) in [7, 11) is 0. The minimum Gasteiger partial charge on any atom is -0.359 e. The lowest BCUT2D eigenvalue weighted by Crippen LogP contribution is -2.26. The van der Waals surface area contributed by atoms with Crippen molar-refractivity contribution in [3.8, 4) is 22.5 Å². The van der Waals surface area contributed by atoms with E-state index in [2.05, 4.69) is 5.32 Å². The molecule has 0 bridgehead atoms. The molecule has 0 aliphatic carbocycles. The maximum atomic E-state index is 11.7. The molecule has 146 valence electrons. The normalized spacial score (nSPS) is 14.3. The first-order valence-electron chi connectivity index (χ1n) is 9.40. The van der Waals surface area contributed by atoms with Crippen LogP contribution in [0.5, 0.6) is 0 Å². The first kappa shape index (κ1) is 17.8. The number of aldehydes is 1. The number of nitrogens with one attached hydrogen (secondary N) is 1. The maximum absolute atomic E-state index is 11.7. The molecule has 30 heavy (non-hydrogen) atoms. The molecule has 2 heterocycles. The van der Waals surface area contributed by atoms with Crippen LogP contribution in [-0.2, 0) is 0 Å². The van der Waals surface area contributed by atoms with Gasteiger partial charge in [-0.25, -0.2) is 4.68 Å². The van der Waals surface area contributed by atoms with Gasteiger partial charge < -0.3 is 5.32 Å². The van der Waals surface area contributed by atoms with Crippen LogP contribution in [0, 0.1) is 10.1 Å². The van der Waals surface area contributed by atoms with Gasteiger partial charge in [-0.1, -0.05) is 54.6 Å². The summed E-state index contributed by atoms with van der Waals surface area (Å²) in [6, 6.07) is 24.1. The number of benzene rings is 3. The highest BCUT2D eigenvalue weighted by Crippen LogP contribution is 2.41. The van der Waals surface area contributed by atoms with Crippen LogP contribution in [0.3, 0.4) is 0 Å². The van der Waals surface area contributed by atoms with E-state index >= 15 is 0 Å². The van der Waals surface area contributed by atoms with Gasteiger partial charge in [0.2, 0.25) is 0 Å². The summed E-state index contributed by atoms with van der Waals surface area (Å²) in [4.78, 5) is 22.4. The quantitative estimate of drug-likeness (QED) is 0.301. The van der Waals surface area contributed by atoms with E-state index in [-0.39, 0.29) is 11.3 Å². The molecule has 1 aromatic heterocycles. The van der Waals surface area contributed by atoms with Crippen molar-refractivity contribution in [2.45, 2.75) is 6.17 Å². The van der Waals surface area contributed by atoms with Crippen molar-refractivity contribution in [1.29, 1.82) is 0 Å². The van der Waals surface area contributed by atoms with Crippen LogP contribution in [0.4, 0.5) is 11.4 Å². The second-order valence-corrected chi connectivity index (χ2v) is 7.01. The highest BCUT2D eigenvalue weighted by Gasteiger charge is 2.31. The summed E-state index contributed by atoms with van der Waals surface area (Å²) in [6.45, 7) is 0. The Balaban J connectivity index is 1.73. The molecule has 7 nitrogen and oxygen atoms in total.